The van der Waals surface area contributed by atoms with Crippen LogP contribution in [0.3, 0.4) is 0 Å². The number of amides is 1. The highest BCUT2D eigenvalue weighted by Gasteiger charge is 2.22. The Morgan fingerprint density at radius 3 is 2.81 bits per heavy atom. The lowest BCUT2D eigenvalue weighted by atomic mass is 9.93. The van der Waals surface area contributed by atoms with Gasteiger partial charge < -0.3 is 9.73 Å². The maximum atomic E-state index is 13.3. The Balaban J connectivity index is 1.43. The number of rotatable bonds is 6. The number of carbonyl (C=O) groups excluding carboxylic acids is 1. The average Bonchev–Trinajstić information content (AvgIpc) is 3.36. The molecule has 140 valence electrons. The first-order chi connectivity index (χ1) is 13.2. The molecule has 0 saturated heterocycles. The van der Waals surface area contributed by atoms with Gasteiger partial charge in [-0.05, 0) is 61.9 Å². The van der Waals surface area contributed by atoms with Crippen molar-refractivity contribution in [2.45, 2.75) is 38.0 Å². The number of nitrogens with zero attached hydrogens (tertiary/aromatic N) is 1. The number of hydrogen-bond donors (Lipinski definition) is 2. The Bertz CT molecular complexity index is 900. The molecule has 5 nitrogen and oxygen atoms in total. The number of aromatic nitrogens is 2. The van der Waals surface area contributed by atoms with Crippen molar-refractivity contribution in [2.24, 2.45) is 0 Å². The van der Waals surface area contributed by atoms with Crippen molar-refractivity contribution in [2.75, 3.05) is 6.54 Å². The van der Waals surface area contributed by atoms with E-state index < -0.39 is 0 Å². The van der Waals surface area contributed by atoms with E-state index in [1.807, 2.05) is 12.1 Å². The molecule has 0 aliphatic heterocycles. The Morgan fingerprint density at radius 1 is 1.22 bits per heavy atom. The Hall–Kier alpha value is -2.89. The summed E-state index contributed by atoms with van der Waals surface area (Å²) >= 11 is 0. The SMILES string of the molecule is O=C(NCC[C@@H](c1ccc(F)cc1)c1ccco1)c1n[nH]c2c1CCCC2. The number of carbonyl (C=O) groups is 1. The third kappa shape index (κ3) is 3.79. The second-order valence-corrected chi connectivity index (χ2v) is 6.90. The minimum atomic E-state index is -0.270. The van der Waals surface area contributed by atoms with Gasteiger partial charge in [0.1, 0.15) is 11.6 Å². The zero-order valence-corrected chi connectivity index (χ0v) is 15.0. The minimum absolute atomic E-state index is 0.0472. The van der Waals surface area contributed by atoms with Crippen LogP contribution in [-0.2, 0) is 12.8 Å². The number of aryl methyl sites for hydroxylation is 1. The lowest BCUT2D eigenvalue weighted by Crippen LogP contribution is -2.27. The van der Waals surface area contributed by atoms with Crippen molar-refractivity contribution in [3.05, 3.63) is 76.8 Å². The number of furan rings is 1. The summed E-state index contributed by atoms with van der Waals surface area (Å²) in [5.74, 6) is 0.335. The first-order valence-corrected chi connectivity index (χ1v) is 9.35. The standard InChI is InChI=1S/C21H22FN3O2/c22-15-9-7-14(8-10-15)16(19-6-3-13-27-19)11-12-23-21(26)20-17-4-1-2-5-18(17)24-25-20/h3,6-10,13,16H,1-2,4-5,11-12H2,(H,23,26)(H,24,25)/t16-/m0/s1. The number of halogens is 1. The van der Waals surface area contributed by atoms with Gasteiger partial charge in [-0.15, -0.1) is 0 Å². The number of nitrogens with one attached hydrogen (secondary N) is 2. The average molecular weight is 367 g/mol. The van der Waals surface area contributed by atoms with Gasteiger partial charge in [0.2, 0.25) is 0 Å². The van der Waals surface area contributed by atoms with Gasteiger partial charge in [-0.25, -0.2) is 4.39 Å². The van der Waals surface area contributed by atoms with Crippen molar-refractivity contribution in [1.82, 2.24) is 15.5 Å². The number of benzene rings is 1. The smallest absolute Gasteiger partial charge is 0.272 e. The maximum absolute atomic E-state index is 13.3. The fraction of sp³-hybridized carbons (Fsp3) is 0.333. The molecule has 0 unspecified atom stereocenters. The molecule has 4 rings (SSSR count). The van der Waals surface area contributed by atoms with Gasteiger partial charge in [0.25, 0.3) is 5.91 Å². The molecule has 3 aromatic rings. The number of hydrogen-bond acceptors (Lipinski definition) is 3. The van der Waals surface area contributed by atoms with Crippen molar-refractivity contribution in [3.63, 3.8) is 0 Å². The van der Waals surface area contributed by atoms with Gasteiger partial charge in [0.05, 0.1) is 6.26 Å². The minimum Gasteiger partial charge on any atom is -0.469 e. The Morgan fingerprint density at radius 2 is 2.04 bits per heavy atom. The predicted octanol–water partition coefficient (Wildman–Crippen LogP) is 3.97. The summed E-state index contributed by atoms with van der Waals surface area (Å²) in [7, 11) is 0. The molecule has 2 N–H and O–H groups in total. The summed E-state index contributed by atoms with van der Waals surface area (Å²) in [6, 6.07) is 10.1. The molecule has 1 aromatic carbocycles. The predicted molar refractivity (Wildman–Crippen MR) is 99.1 cm³/mol. The third-order valence-corrected chi connectivity index (χ3v) is 5.15. The van der Waals surface area contributed by atoms with E-state index in [4.69, 9.17) is 4.42 Å². The Labute approximate surface area is 157 Å². The van der Waals surface area contributed by atoms with E-state index in [1.54, 1.807) is 18.4 Å². The van der Waals surface area contributed by atoms with E-state index in [9.17, 15) is 9.18 Å². The van der Waals surface area contributed by atoms with E-state index in [0.29, 0.717) is 18.7 Å². The molecule has 0 bridgehead atoms. The van der Waals surface area contributed by atoms with Crippen LogP contribution in [0.1, 0.15) is 58.2 Å². The number of H-pyrrole nitrogens is 1. The highest BCUT2D eigenvalue weighted by atomic mass is 19.1. The molecule has 27 heavy (non-hydrogen) atoms. The molecule has 6 heteroatoms. The zero-order valence-electron chi connectivity index (χ0n) is 15.0. The van der Waals surface area contributed by atoms with E-state index in [-0.39, 0.29) is 17.6 Å². The highest BCUT2D eigenvalue weighted by molar-refractivity contribution is 5.94. The summed E-state index contributed by atoms with van der Waals surface area (Å²) in [4.78, 5) is 12.6. The van der Waals surface area contributed by atoms with Gasteiger partial charge in [-0.1, -0.05) is 12.1 Å². The summed E-state index contributed by atoms with van der Waals surface area (Å²) in [6.45, 7) is 0.475. The van der Waals surface area contributed by atoms with Gasteiger partial charge in [-0.2, -0.15) is 5.10 Å². The van der Waals surface area contributed by atoms with Gasteiger partial charge in [-0.3, -0.25) is 9.89 Å². The molecule has 1 aliphatic carbocycles. The van der Waals surface area contributed by atoms with Gasteiger partial charge in [0, 0.05) is 23.7 Å². The molecule has 2 aromatic heterocycles. The van der Waals surface area contributed by atoms with E-state index in [1.165, 1.54) is 12.1 Å². The van der Waals surface area contributed by atoms with Crippen LogP contribution in [0.15, 0.2) is 47.1 Å². The number of fused-ring (bicyclic) bond motifs is 1. The zero-order chi connectivity index (χ0) is 18.6. The molecular formula is C21H22FN3O2. The largest absolute Gasteiger partial charge is 0.469 e. The molecular weight excluding hydrogens is 345 g/mol. The van der Waals surface area contributed by atoms with Crippen molar-refractivity contribution in [3.8, 4) is 0 Å². The van der Waals surface area contributed by atoms with E-state index >= 15 is 0 Å². The van der Waals surface area contributed by atoms with Crippen LogP contribution in [0.25, 0.3) is 0 Å². The van der Waals surface area contributed by atoms with Crippen molar-refractivity contribution in [1.29, 1.82) is 0 Å². The second kappa shape index (κ2) is 7.78. The molecule has 1 amide bonds. The second-order valence-electron chi connectivity index (χ2n) is 6.90. The first kappa shape index (κ1) is 17.5. The van der Waals surface area contributed by atoms with Crippen LogP contribution in [0.2, 0.25) is 0 Å². The molecule has 1 atom stereocenters. The molecule has 0 fully saturated rings. The molecule has 2 heterocycles. The van der Waals surface area contributed by atoms with Crippen LogP contribution in [0, 0.1) is 5.82 Å². The van der Waals surface area contributed by atoms with Crippen molar-refractivity contribution < 1.29 is 13.6 Å². The first-order valence-electron chi connectivity index (χ1n) is 9.35. The molecule has 0 saturated carbocycles. The maximum Gasteiger partial charge on any atom is 0.272 e. The third-order valence-electron chi connectivity index (χ3n) is 5.15. The Kier molecular flexibility index (Phi) is 5.05. The normalized spacial score (nSPS) is 14.6. The quantitative estimate of drug-likeness (QED) is 0.692. The fourth-order valence-electron chi connectivity index (χ4n) is 3.74. The summed E-state index contributed by atoms with van der Waals surface area (Å²) in [5, 5.41) is 10.2. The fourth-order valence-corrected chi connectivity index (χ4v) is 3.74. The molecule has 1 aliphatic rings. The topological polar surface area (TPSA) is 70.9 Å². The van der Waals surface area contributed by atoms with Gasteiger partial charge in [0.15, 0.2) is 5.69 Å². The van der Waals surface area contributed by atoms with E-state index in [0.717, 1.165) is 48.3 Å². The van der Waals surface area contributed by atoms with Crippen molar-refractivity contribution >= 4 is 5.91 Å². The number of aromatic amines is 1. The summed E-state index contributed by atoms with van der Waals surface area (Å²) < 4.78 is 18.8. The van der Waals surface area contributed by atoms with Gasteiger partial charge >= 0.3 is 0 Å². The highest BCUT2D eigenvalue weighted by Crippen LogP contribution is 2.28. The van der Waals surface area contributed by atoms with Crippen LogP contribution < -0.4 is 5.32 Å². The molecule has 0 spiro atoms. The summed E-state index contributed by atoms with van der Waals surface area (Å²) in [6.07, 6.45) is 6.37. The lowest BCUT2D eigenvalue weighted by molar-refractivity contribution is 0.0946. The summed E-state index contributed by atoms with van der Waals surface area (Å²) in [5.41, 5.74) is 3.62. The van der Waals surface area contributed by atoms with Crippen LogP contribution in [0.5, 0.6) is 0 Å². The lowest BCUT2D eigenvalue weighted by Gasteiger charge is -2.16. The van der Waals surface area contributed by atoms with Crippen LogP contribution in [-0.4, -0.2) is 22.6 Å². The van der Waals surface area contributed by atoms with E-state index in [2.05, 4.69) is 15.5 Å². The van der Waals surface area contributed by atoms with Crippen LogP contribution in [0.4, 0.5) is 4.39 Å². The monoisotopic (exact) mass is 367 g/mol. The van der Waals surface area contributed by atoms with Crippen LogP contribution >= 0.6 is 0 Å². The molecule has 0 radical (unpaired) electrons.